The van der Waals surface area contributed by atoms with Crippen LogP contribution < -0.4 is 5.32 Å². The van der Waals surface area contributed by atoms with Gasteiger partial charge >= 0.3 is 0 Å². The van der Waals surface area contributed by atoms with Crippen molar-refractivity contribution in [2.75, 3.05) is 59.9 Å². The van der Waals surface area contributed by atoms with Crippen LogP contribution in [0.4, 0.5) is 0 Å². The lowest BCUT2D eigenvalue weighted by atomic mass is 10.3. The minimum Gasteiger partial charge on any atom is -0.356 e. The Labute approximate surface area is 132 Å². The number of nitrogens with zero attached hydrogens (tertiary/aromatic N) is 4. The second-order valence-electron chi connectivity index (χ2n) is 4.99. The van der Waals surface area contributed by atoms with Gasteiger partial charge in [-0.25, -0.2) is 0 Å². The number of rotatable bonds is 3. The van der Waals surface area contributed by atoms with E-state index in [2.05, 4.69) is 27.2 Å². The Kier molecular flexibility index (Phi) is 6.84. The normalized spacial score (nSPS) is 20.0. The summed E-state index contributed by atoms with van der Waals surface area (Å²) >= 11 is 0. The minimum absolute atomic E-state index is 0. The van der Waals surface area contributed by atoms with Crippen LogP contribution in [-0.2, 0) is 4.79 Å². The molecule has 0 aromatic rings. The van der Waals surface area contributed by atoms with E-state index < -0.39 is 0 Å². The summed E-state index contributed by atoms with van der Waals surface area (Å²) in [6.45, 7) is 6.17. The van der Waals surface area contributed by atoms with E-state index in [-0.39, 0.29) is 29.9 Å². The first-order chi connectivity index (χ1) is 8.66. The van der Waals surface area contributed by atoms with Gasteiger partial charge in [-0.15, -0.1) is 24.0 Å². The molecular formula is C12H24IN5O. The number of halogens is 1. The molecule has 0 aliphatic carbocycles. The molecule has 110 valence electrons. The molecule has 2 aliphatic heterocycles. The van der Waals surface area contributed by atoms with Crippen LogP contribution in [0.1, 0.15) is 6.42 Å². The first-order valence-electron chi connectivity index (χ1n) is 6.62. The van der Waals surface area contributed by atoms with E-state index in [1.54, 1.807) is 0 Å². The zero-order valence-corrected chi connectivity index (χ0v) is 14.1. The molecule has 0 radical (unpaired) electrons. The van der Waals surface area contributed by atoms with E-state index in [0.29, 0.717) is 13.0 Å². The molecule has 2 rings (SSSR count). The fraction of sp³-hybridized carbons (Fsp3) is 0.833. The maximum atomic E-state index is 12.0. The van der Waals surface area contributed by atoms with Crippen LogP contribution in [-0.4, -0.2) is 86.5 Å². The molecule has 1 fully saturated rings. The van der Waals surface area contributed by atoms with Gasteiger partial charge in [0.25, 0.3) is 0 Å². The monoisotopic (exact) mass is 381 g/mol. The Balaban J connectivity index is 0.00000180. The minimum atomic E-state index is 0. The number of guanidine groups is 1. The third-order valence-electron chi connectivity index (χ3n) is 3.54. The van der Waals surface area contributed by atoms with Gasteiger partial charge in [0.05, 0.1) is 6.54 Å². The topological polar surface area (TPSA) is 51.2 Å². The smallest absolute Gasteiger partial charge is 0.224 e. The molecule has 2 aliphatic rings. The number of aliphatic imine (C=N–C) groups is 1. The average Bonchev–Trinajstić information content (AvgIpc) is 2.76. The third kappa shape index (κ3) is 4.79. The highest BCUT2D eigenvalue weighted by molar-refractivity contribution is 14.0. The highest BCUT2D eigenvalue weighted by Gasteiger charge is 2.19. The standard InChI is InChI=1S/C12H23N5O.HI/c1-15-7-9-17(10-8-15)11(18)3-4-13-12-14-5-6-16(12)2;/h3-10H2,1-2H3,(H,13,14);1H. The number of hydrogen-bond donors (Lipinski definition) is 1. The molecule has 0 unspecified atom stereocenters. The van der Waals surface area contributed by atoms with Gasteiger partial charge in [0.2, 0.25) is 5.91 Å². The van der Waals surface area contributed by atoms with E-state index in [1.165, 1.54) is 0 Å². The Morgan fingerprint density at radius 3 is 2.47 bits per heavy atom. The van der Waals surface area contributed by atoms with Gasteiger partial charge < -0.3 is 20.0 Å². The van der Waals surface area contributed by atoms with Gasteiger partial charge in [-0.1, -0.05) is 0 Å². The first-order valence-corrected chi connectivity index (χ1v) is 6.62. The number of carbonyl (C=O) groups is 1. The number of likely N-dealkylation sites (N-methyl/N-ethyl adjacent to an activating group) is 2. The molecule has 1 saturated heterocycles. The summed E-state index contributed by atoms with van der Waals surface area (Å²) < 4.78 is 0. The summed E-state index contributed by atoms with van der Waals surface area (Å²) in [5.74, 6) is 1.16. The van der Waals surface area contributed by atoms with Crippen molar-refractivity contribution < 1.29 is 4.79 Å². The van der Waals surface area contributed by atoms with Gasteiger partial charge in [-0.3, -0.25) is 9.79 Å². The Hall–Kier alpha value is -0.570. The summed E-state index contributed by atoms with van der Waals surface area (Å²) in [7, 11) is 4.11. The van der Waals surface area contributed by atoms with Crippen molar-refractivity contribution in [1.82, 2.24) is 20.0 Å². The summed E-state index contributed by atoms with van der Waals surface area (Å²) in [5, 5.41) is 3.23. The number of hydrogen-bond acceptors (Lipinski definition) is 5. The van der Waals surface area contributed by atoms with E-state index in [1.807, 2.05) is 11.9 Å². The predicted octanol–water partition coefficient (Wildman–Crippen LogP) is -0.340. The van der Waals surface area contributed by atoms with E-state index in [4.69, 9.17) is 0 Å². The van der Waals surface area contributed by atoms with Crippen LogP contribution >= 0.6 is 24.0 Å². The van der Waals surface area contributed by atoms with E-state index in [9.17, 15) is 4.79 Å². The number of carbonyl (C=O) groups excluding carboxylic acids is 1. The SMILES string of the molecule is CN1CCN(C(=O)CCNC2=NCCN2C)CC1.I. The van der Waals surface area contributed by atoms with Crippen LogP contribution in [0.15, 0.2) is 4.99 Å². The molecule has 1 amide bonds. The lowest BCUT2D eigenvalue weighted by molar-refractivity contribution is -0.132. The van der Waals surface area contributed by atoms with Crippen LogP contribution in [0.3, 0.4) is 0 Å². The zero-order valence-electron chi connectivity index (χ0n) is 11.8. The zero-order chi connectivity index (χ0) is 13.0. The summed E-state index contributed by atoms with van der Waals surface area (Å²) in [6.07, 6.45) is 0.552. The number of amides is 1. The fourth-order valence-electron chi connectivity index (χ4n) is 2.22. The molecule has 0 saturated carbocycles. The third-order valence-corrected chi connectivity index (χ3v) is 3.54. The summed E-state index contributed by atoms with van der Waals surface area (Å²) in [6, 6.07) is 0. The van der Waals surface area contributed by atoms with Gasteiger partial charge in [-0.2, -0.15) is 0 Å². The highest BCUT2D eigenvalue weighted by Crippen LogP contribution is 2.02. The maximum Gasteiger partial charge on any atom is 0.224 e. The lowest BCUT2D eigenvalue weighted by Gasteiger charge is -2.32. The Bertz CT molecular complexity index is 328. The van der Waals surface area contributed by atoms with Crippen molar-refractivity contribution in [3.8, 4) is 0 Å². The number of nitrogens with one attached hydrogen (secondary N) is 1. The average molecular weight is 381 g/mol. The molecule has 0 aromatic heterocycles. The molecule has 6 nitrogen and oxygen atoms in total. The summed E-state index contributed by atoms with van der Waals surface area (Å²) in [5.41, 5.74) is 0. The second kappa shape index (κ2) is 7.88. The van der Waals surface area contributed by atoms with Gasteiger partial charge in [0.1, 0.15) is 0 Å². The molecule has 19 heavy (non-hydrogen) atoms. The Morgan fingerprint density at radius 1 is 1.21 bits per heavy atom. The Morgan fingerprint density at radius 2 is 1.89 bits per heavy atom. The van der Waals surface area contributed by atoms with Crippen LogP contribution in [0, 0.1) is 0 Å². The molecule has 0 spiro atoms. The lowest BCUT2D eigenvalue weighted by Crippen LogP contribution is -2.48. The maximum absolute atomic E-state index is 12.0. The van der Waals surface area contributed by atoms with Crippen molar-refractivity contribution >= 4 is 35.8 Å². The molecule has 0 bridgehead atoms. The van der Waals surface area contributed by atoms with Crippen LogP contribution in [0.2, 0.25) is 0 Å². The van der Waals surface area contributed by atoms with E-state index in [0.717, 1.165) is 45.2 Å². The largest absolute Gasteiger partial charge is 0.356 e. The molecule has 7 heteroatoms. The second-order valence-corrected chi connectivity index (χ2v) is 4.99. The van der Waals surface area contributed by atoms with Crippen molar-refractivity contribution in [3.05, 3.63) is 0 Å². The van der Waals surface area contributed by atoms with Crippen LogP contribution in [0.25, 0.3) is 0 Å². The van der Waals surface area contributed by atoms with Crippen molar-refractivity contribution in [3.63, 3.8) is 0 Å². The molecule has 1 N–H and O–H groups in total. The summed E-state index contributed by atoms with van der Waals surface area (Å²) in [4.78, 5) is 22.6. The predicted molar refractivity (Wildman–Crippen MR) is 87.0 cm³/mol. The van der Waals surface area contributed by atoms with Crippen molar-refractivity contribution in [2.45, 2.75) is 6.42 Å². The molecule has 2 heterocycles. The van der Waals surface area contributed by atoms with Gasteiger partial charge in [0.15, 0.2) is 5.96 Å². The quantitative estimate of drug-likeness (QED) is 0.680. The van der Waals surface area contributed by atoms with Crippen molar-refractivity contribution in [1.29, 1.82) is 0 Å². The molecule has 0 atom stereocenters. The fourth-order valence-corrected chi connectivity index (χ4v) is 2.22. The first kappa shape index (κ1) is 16.5. The molecular weight excluding hydrogens is 357 g/mol. The van der Waals surface area contributed by atoms with Gasteiger partial charge in [-0.05, 0) is 7.05 Å². The van der Waals surface area contributed by atoms with Gasteiger partial charge in [0, 0.05) is 52.7 Å². The number of piperazine rings is 1. The highest BCUT2D eigenvalue weighted by atomic mass is 127. The van der Waals surface area contributed by atoms with Crippen molar-refractivity contribution in [2.24, 2.45) is 4.99 Å². The van der Waals surface area contributed by atoms with E-state index >= 15 is 0 Å². The molecule has 0 aromatic carbocycles. The van der Waals surface area contributed by atoms with Crippen LogP contribution in [0.5, 0.6) is 0 Å².